The van der Waals surface area contributed by atoms with E-state index in [1.165, 1.54) is 5.57 Å². The summed E-state index contributed by atoms with van der Waals surface area (Å²) in [5.41, 5.74) is 1.55. The van der Waals surface area contributed by atoms with Crippen LogP contribution >= 0.6 is 0 Å². The average molecular weight is 245 g/mol. The fourth-order valence-electron chi connectivity index (χ4n) is 2.07. The molecule has 1 saturated heterocycles. The lowest BCUT2D eigenvalue weighted by Crippen LogP contribution is -2.37. The van der Waals surface area contributed by atoms with Crippen molar-refractivity contribution in [3.63, 3.8) is 0 Å². The van der Waals surface area contributed by atoms with Crippen molar-refractivity contribution in [1.29, 1.82) is 0 Å². The van der Waals surface area contributed by atoms with Gasteiger partial charge in [-0.25, -0.2) is 0 Å². The molecule has 1 aromatic heterocycles. The quantitative estimate of drug-likeness (QED) is 0.744. The zero-order valence-corrected chi connectivity index (χ0v) is 10.9. The van der Waals surface area contributed by atoms with E-state index in [1.54, 1.807) is 12.1 Å². The molecule has 0 aromatic carbocycles. The van der Waals surface area contributed by atoms with Gasteiger partial charge in [0.05, 0.1) is 0 Å². The number of furan rings is 1. The molecule has 3 heteroatoms. The van der Waals surface area contributed by atoms with Crippen LogP contribution in [-0.2, 0) is 6.61 Å². The molecule has 0 atom stereocenters. The number of nitrogens with one attached hydrogen (secondary N) is 1. The minimum atomic E-state index is -0.0819. The predicted octanol–water partition coefficient (Wildman–Crippen LogP) is 2.07. The fraction of sp³-hybridized carbons (Fsp3) is 0.467. The van der Waals surface area contributed by atoms with Gasteiger partial charge in [0.15, 0.2) is 5.76 Å². The number of aliphatic hydroxyl groups excluding tert-OH is 1. The highest BCUT2D eigenvalue weighted by atomic mass is 16.4. The van der Waals surface area contributed by atoms with Crippen LogP contribution in [0.15, 0.2) is 28.2 Å². The molecule has 0 radical (unpaired) electrons. The van der Waals surface area contributed by atoms with Crippen LogP contribution in [0.5, 0.6) is 0 Å². The second-order valence-electron chi connectivity index (χ2n) is 5.17. The van der Waals surface area contributed by atoms with Gasteiger partial charge in [-0.1, -0.05) is 25.3 Å². The van der Waals surface area contributed by atoms with Gasteiger partial charge in [-0.05, 0) is 42.5 Å². The molecule has 0 aliphatic carbocycles. The maximum Gasteiger partial charge on any atom is 0.177 e. The minimum absolute atomic E-state index is 0.0819. The molecule has 1 aliphatic rings. The number of allylic oxidation sites excluding steroid dienone is 1. The van der Waals surface area contributed by atoms with Gasteiger partial charge >= 0.3 is 0 Å². The Morgan fingerprint density at radius 2 is 2.33 bits per heavy atom. The van der Waals surface area contributed by atoms with Gasteiger partial charge in [0.25, 0.3) is 0 Å². The molecule has 2 N–H and O–H groups in total. The molecular formula is C15H19NO2. The van der Waals surface area contributed by atoms with E-state index in [0.717, 1.165) is 19.5 Å². The normalized spacial score (nSPS) is 20.5. The first-order valence-electron chi connectivity index (χ1n) is 6.23. The summed E-state index contributed by atoms with van der Waals surface area (Å²) in [6.07, 6.45) is 3.05. The third kappa shape index (κ3) is 3.04. The van der Waals surface area contributed by atoms with E-state index < -0.39 is 0 Å². The van der Waals surface area contributed by atoms with Crippen LogP contribution in [0.25, 0.3) is 0 Å². The Labute approximate surface area is 108 Å². The number of hydrogen-bond acceptors (Lipinski definition) is 3. The first-order chi connectivity index (χ1) is 8.62. The lowest BCUT2D eigenvalue weighted by Gasteiger charge is -2.33. The molecular weight excluding hydrogens is 226 g/mol. The Kier molecular flexibility index (Phi) is 3.90. The van der Waals surface area contributed by atoms with E-state index >= 15 is 0 Å². The smallest absolute Gasteiger partial charge is 0.177 e. The standard InChI is InChI=1S/C15H19NO2/c1-15(2)11-16-9-8-12(15)4-3-5-13-6-7-14(10-17)18-13/h4,6-7,16-17H,8-11H2,1-2H3/b12-4+. The molecule has 0 saturated carbocycles. The van der Waals surface area contributed by atoms with Gasteiger partial charge < -0.3 is 14.8 Å². The Bertz CT molecular complexity index is 500. The van der Waals surface area contributed by atoms with Gasteiger partial charge in [-0.3, -0.25) is 0 Å². The third-order valence-electron chi connectivity index (χ3n) is 3.27. The largest absolute Gasteiger partial charge is 0.450 e. The van der Waals surface area contributed by atoms with Crippen LogP contribution in [0.4, 0.5) is 0 Å². The van der Waals surface area contributed by atoms with E-state index in [9.17, 15) is 0 Å². The topological polar surface area (TPSA) is 45.4 Å². The lowest BCUT2D eigenvalue weighted by atomic mass is 9.80. The highest BCUT2D eigenvalue weighted by Crippen LogP contribution is 2.30. The average Bonchev–Trinajstić information content (AvgIpc) is 2.79. The molecule has 2 rings (SSSR count). The van der Waals surface area contributed by atoms with Crippen molar-refractivity contribution in [2.75, 3.05) is 13.1 Å². The van der Waals surface area contributed by atoms with E-state index in [2.05, 4.69) is 31.0 Å². The number of rotatable bonds is 1. The van der Waals surface area contributed by atoms with Crippen molar-refractivity contribution in [2.45, 2.75) is 26.9 Å². The SMILES string of the molecule is CC1(C)CNCC/C1=C\C#Cc1ccc(CO)o1. The molecule has 1 fully saturated rings. The van der Waals surface area contributed by atoms with Crippen molar-refractivity contribution >= 4 is 0 Å². The van der Waals surface area contributed by atoms with Crippen LogP contribution in [0.2, 0.25) is 0 Å². The molecule has 96 valence electrons. The first-order valence-corrected chi connectivity index (χ1v) is 6.23. The maximum absolute atomic E-state index is 8.89. The summed E-state index contributed by atoms with van der Waals surface area (Å²) >= 11 is 0. The van der Waals surface area contributed by atoms with E-state index in [1.807, 2.05) is 6.08 Å². The van der Waals surface area contributed by atoms with Crippen LogP contribution in [0, 0.1) is 17.3 Å². The number of hydrogen-bond donors (Lipinski definition) is 2. The predicted molar refractivity (Wildman–Crippen MR) is 70.9 cm³/mol. The van der Waals surface area contributed by atoms with E-state index in [4.69, 9.17) is 9.52 Å². The Balaban J connectivity index is 2.10. The van der Waals surface area contributed by atoms with Crippen molar-refractivity contribution in [3.8, 4) is 11.8 Å². The summed E-state index contributed by atoms with van der Waals surface area (Å²) in [7, 11) is 0. The summed E-state index contributed by atoms with van der Waals surface area (Å²) in [4.78, 5) is 0. The lowest BCUT2D eigenvalue weighted by molar-refractivity contribution is 0.246. The Hall–Kier alpha value is -1.50. The third-order valence-corrected chi connectivity index (χ3v) is 3.27. The Morgan fingerprint density at radius 3 is 3.00 bits per heavy atom. The summed E-state index contributed by atoms with van der Waals surface area (Å²) in [6.45, 7) is 6.39. The summed E-state index contributed by atoms with van der Waals surface area (Å²) in [5, 5.41) is 12.3. The molecule has 2 heterocycles. The monoisotopic (exact) mass is 245 g/mol. The second-order valence-corrected chi connectivity index (χ2v) is 5.17. The van der Waals surface area contributed by atoms with Crippen LogP contribution in [0.1, 0.15) is 31.8 Å². The zero-order valence-electron chi connectivity index (χ0n) is 10.9. The summed E-state index contributed by atoms with van der Waals surface area (Å²) in [5.74, 6) is 7.16. The van der Waals surface area contributed by atoms with Crippen molar-refractivity contribution in [3.05, 3.63) is 35.3 Å². The van der Waals surface area contributed by atoms with Gasteiger partial charge in [0.1, 0.15) is 12.4 Å². The molecule has 0 amide bonds. The minimum Gasteiger partial charge on any atom is -0.450 e. The van der Waals surface area contributed by atoms with Crippen molar-refractivity contribution in [2.24, 2.45) is 5.41 Å². The Morgan fingerprint density at radius 1 is 1.50 bits per heavy atom. The molecule has 18 heavy (non-hydrogen) atoms. The van der Waals surface area contributed by atoms with Crippen molar-refractivity contribution < 1.29 is 9.52 Å². The van der Waals surface area contributed by atoms with Crippen molar-refractivity contribution in [1.82, 2.24) is 5.32 Å². The number of piperidine rings is 1. The molecule has 3 nitrogen and oxygen atoms in total. The summed E-state index contributed by atoms with van der Waals surface area (Å²) in [6, 6.07) is 3.52. The van der Waals surface area contributed by atoms with Crippen LogP contribution < -0.4 is 5.32 Å². The van der Waals surface area contributed by atoms with Crippen LogP contribution in [-0.4, -0.2) is 18.2 Å². The van der Waals surface area contributed by atoms with Gasteiger partial charge in [0.2, 0.25) is 0 Å². The fourth-order valence-corrected chi connectivity index (χ4v) is 2.07. The first kappa shape index (κ1) is 12.9. The highest BCUT2D eigenvalue weighted by Gasteiger charge is 2.25. The summed E-state index contributed by atoms with van der Waals surface area (Å²) < 4.78 is 5.31. The zero-order chi connectivity index (χ0) is 13.0. The highest BCUT2D eigenvalue weighted by molar-refractivity contribution is 5.34. The van der Waals surface area contributed by atoms with Gasteiger partial charge in [-0.2, -0.15) is 0 Å². The van der Waals surface area contributed by atoms with E-state index in [-0.39, 0.29) is 12.0 Å². The molecule has 1 aliphatic heterocycles. The maximum atomic E-state index is 8.89. The molecule has 0 unspecified atom stereocenters. The van der Waals surface area contributed by atoms with Gasteiger partial charge in [-0.15, -0.1) is 0 Å². The van der Waals surface area contributed by atoms with E-state index in [0.29, 0.717) is 11.5 Å². The second kappa shape index (κ2) is 5.43. The molecule has 0 bridgehead atoms. The van der Waals surface area contributed by atoms with Crippen LogP contribution in [0.3, 0.4) is 0 Å². The molecule has 0 spiro atoms. The molecule has 1 aromatic rings. The van der Waals surface area contributed by atoms with Gasteiger partial charge in [0, 0.05) is 6.54 Å². The number of aliphatic hydroxyl groups is 1.